The monoisotopic (exact) mass is 376 g/mol. The van der Waals surface area contributed by atoms with Gasteiger partial charge in [0.15, 0.2) is 0 Å². The fraction of sp³-hybridized carbons (Fsp3) is 0.111. The smallest absolute Gasteiger partial charge is 0.449 e. The Bertz CT molecular complexity index is 1010. The normalized spacial score (nSPS) is 11.4. The summed E-state index contributed by atoms with van der Waals surface area (Å²) in [7, 11) is 0. The first kappa shape index (κ1) is 18.3. The van der Waals surface area contributed by atoms with Gasteiger partial charge < -0.3 is 9.67 Å². The molecule has 0 aliphatic rings. The largest absolute Gasteiger partial charge is 0.507 e. The molecule has 27 heavy (non-hydrogen) atoms. The highest BCUT2D eigenvalue weighted by Crippen LogP contribution is 2.31. The summed E-state index contributed by atoms with van der Waals surface area (Å²) in [5.74, 6) is -1.94. The van der Waals surface area contributed by atoms with E-state index in [1.807, 2.05) is 0 Å². The van der Waals surface area contributed by atoms with Crippen molar-refractivity contribution < 1.29 is 23.1 Å². The number of hydrazine groups is 1. The highest BCUT2D eigenvalue weighted by Gasteiger charge is 2.38. The van der Waals surface area contributed by atoms with E-state index in [1.54, 1.807) is 30.3 Å². The minimum atomic E-state index is -4.70. The number of fused-ring (bicyclic) bond motifs is 1. The number of benzene rings is 2. The van der Waals surface area contributed by atoms with Gasteiger partial charge in [-0.05, 0) is 24.3 Å². The van der Waals surface area contributed by atoms with Gasteiger partial charge in [0, 0.05) is 5.56 Å². The van der Waals surface area contributed by atoms with Gasteiger partial charge in [0.2, 0.25) is 5.82 Å². The first-order valence-corrected chi connectivity index (χ1v) is 7.82. The molecule has 3 rings (SSSR count). The molecule has 0 saturated carbocycles. The number of carbonyl (C=O) groups is 1. The molecule has 0 saturated heterocycles. The van der Waals surface area contributed by atoms with Crippen molar-refractivity contribution in [3.63, 3.8) is 0 Å². The van der Waals surface area contributed by atoms with Crippen molar-refractivity contribution in [2.75, 3.05) is 0 Å². The molecular weight excluding hydrogens is 361 g/mol. The molecule has 0 bridgehead atoms. The molecule has 3 N–H and O–H groups in total. The van der Waals surface area contributed by atoms with Crippen LogP contribution in [0.3, 0.4) is 0 Å². The summed E-state index contributed by atoms with van der Waals surface area (Å²) in [4.78, 5) is 15.7. The number of para-hydroxylation sites is 3. The van der Waals surface area contributed by atoms with Crippen LogP contribution in [0.4, 0.5) is 13.2 Å². The first-order valence-electron chi connectivity index (χ1n) is 7.82. The van der Waals surface area contributed by atoms with E-state index < -0.39 is 24.5 Å². The molecule has 9 heteroatoms. The fourth-order valence-electron chi connectivity index (χ4n) is 2.58. The molecule has 1 aromatic heterocycles. The summed E-state index contributed by atoms with van der Waals surface area (Å²) in [5, 5.41) is 9.75. The minimum absolute atomic E-state index is 0.0517. The number of hydrogen-bond donors (Lipinski definition) is 3. The highest BCUT2D eigenvalue weighted by atomic mass is 19.4. The number of imidazole rings is 1. The number of carbonyl (C=O) groups excluding carboxylic acids is 1. The molecule has 6 nitrogen and oxygen atoms in total. The van der Waals surface area contributed by atoms with E-state index in [2.05, 4.69) is 22.4 Å². The number of hydrogen-bond acceptors (Lipinski definition) is 4. The van der Waals surface area contributed by atoms with Crippen LogP contribution in [0.2, 0.25) is 0 Å². The molecule has 1 heterocycles. The van der Waals surface area contributed by atoms with Crippen molar-refractivity contribution >= 4 is 22.6 Å². The van der Waals surface area contributed by atoms with Crippen LogP contribution in [0.15, 0.2) is 55.1 Å². The fourth-order valence-corrected chi connectivity index (χ4v) is 2.58. The molecule has 0 aliphatic carbocycles. The zero-order chi connectivity index (χ0) is 19.6. The Hall–Kier alpha value is -3.49. The van der Waals surface area contributed by atoms with E-state index in [1.165, 1.54) is 18.2 Å². The van der Waals surface area contributed by atoms with Crippen LogP contribution in [-0.2, 0) is 17.5 Å². The zero-order valence-electron chi connectivity index (χ0n) is 13.9. The van der Waals surface area contributed by atoms with Crippen molar-refractivity contribution in [2.24, 2.45) is 0 Å². The number of phenolic OH excluding ortho intramolecular Hbond substituents is 1. The summed E-state index contributed by atoms with van der Waals surface area (Å²) >= 11 is 0. The van der Waals surface area contributed by atoms with Crippen molar-refractivity contribution in [1.82, 2.24) is 20.4 Å². The van der Waals surface area contributed by atoms with E-state index in [0.717, 1.165) is 4.57 Å². The molecular formula is C18H15F3N4O2. The summed E-state index contributed by atoms with van der Waals surface area (Å²) in [6.45, 7) is 3.08. The number of phenols is 1. The Kier molecular flexibility index (Phi) is 4.76. The SMILES string of the molecule is C=C(NNC(=O)Cn1c(C(F)(F)F)nc2ccccc21)c1ccccc1O. The first-order chi connectivity index (χ1) is 12.8. The van der Waals surface area contributed by atoms with Crippen LogP contribution in [-0.4, -0.2) is 20.6 Å². The van der Waals surface area contributed by atoms with Gasteiger partial charge in [-0.2, -0.15) is 13.2 Å². The van der Waals surface area contributed by atoms with Gasteiger partial charge >= 0.3 is 6.18 Å². The Morgan fingerprint density at radius 3 is 2.48 bits per heavy atom. The molecule has 0 fully saturated rings. The Morgan fingerprint density at radius 2 is 1.78 bits per heavy atom. The summed E-state index contributed by atoms with van der Waals surface area (Å²) < 4.78 is 40.5. The maximum Gasteiger partial charge on any atom is 0.449 e. The van der Waals surface area contributed by atoms with E-state index in [9.17, 15) is 23.1 Å². The van der Waals surface area contributed by atoms with Gasteiger partial charge in [0.05, 0.1) is 16.7 Å². The molecule has 1 amide bonds. The van der Waals surface area contributed by atoms with Crippen molar-refractivity contribution in [3.05, 3.63) is 66.5 Å². The number of amides is 1. The average Bonchev–Trinajstić information content (AvgIpc) is 2.99. The molecule has 0 spiro atoms. The Morgan fingerprint density at radius 1 is 1.11 bits per heavy atom. The van der Waals surface area contributed by atoms with Crippen LogP contribution in [0, 0.1) is 0 Å². The molecule has 0 radical (unpaired) electrons. The van der Waals surface area contributed by atoms with Crippen LogP contribution in [0.1, 0.15) is 11.4 Å². The van der Waals surface area contributed by atoms with Gasteiger partial charge in [-0.25, -0.2) is 4.98 Å². The lowest BCUT2D eigenvalue weighted by Crippen LogP contribution is -2.38. The van der Waals surface area contributed by atoms with Crippen molar-refractivity contribution in [2.45, 2.75) is 12.7 Å². The second kappa shape index (κ2) is 7.02. The molecule has 0 aliphatic heterocycles. The minimum Gasteiger partial charge on any atom is -0.507 e. The molecule has 140 valence electrons. The van der Waals surface area contributed by atoms with Crippen LogP contribution >= 0.6 is 0 Å². The third-order valence-corrected chi connectivity index (χ3v) is 3.79. The lowest BCUT2D eigenvalue weighted by atomic mass is 10.1. The number of nitrogens with zero attached hydrogens (tertiary/aromatic N) is 2. The zero-order valence-corrected chi connectivity index (χ0v) is 13.9. The van der Waals surface area contributed by atoms with Gasteiger partial charge in [-0.3, -0.25) is 15.6 Å². The standard InChI is InChI=1S/C18H15F3N4O2/c1-11(12-6-2-5-9-15(12)26)23-24-16(27)10-25-14-8-4-3-7-13(14)22-17(25)18(19,20)21/h2-9,23,26H,1,10H2,(H,24,27). The number of halogens is 3. The van der Waals surface area contributed by atoms with Gasteiger partial charge in [0.1, 0.15) is 12.3 Å². The maximum absolute atomic E-state index is 13.2. The lowest BCUT2D eigenvalue weighted by Gasteiger charge is -2.14. The number of alkyl halides is 3. The van der Waals surface area contributed by atoms with E-state index in [-0.39, 0.29) is 22.5 Å². The third kappa shape index (κ3) is 3.86. The molecule has 2 aromatic carbocycles. The van der Waals surface area contributed by atoms with E-state index in [4.69, 9.17) is 0 Å². The highest BCUT2D eigenvalue weighted by molar-refractivity contribution is 5.82. The lowest BCUT2D eigenvalue weighted by molar-refractivity contribution is -0.147. The Labute approximate surface area is 151 Å². The second-order valence-corrected chi connectivity index (χ2v) is 5.68. The molecule has 3 aromatic rings. The number of rotatable bonds is 5. The van der Waals surface area contributed by atoms with Gasteiger partial charge in [-0.1, -0.05) is 30.8 Å². The Balaban J connectivity index is 1.76. The summed E-state index contributed by atoms with van der Waals surface area (Å²) in [6, 6.07) is 12.3. The predicted octanol–water partition coefficient (Wildman–Crippen LogP) is 3.05. The van der Waals surface area contributed by atoms with Crippen LogP contribution in [0.5, 0.6) is 5.75 Å². The number of nitrogens with one attached hydrogen (secondary N) is 2. The van der Waals surface area contributed by atoms with Gasteiger partial charge in [0.25, 0.3) is 5.91 Å². The van der Waals surface area contributed by atoms with Crippen LogP contribution < -0.4 is 10.9 Å². The number of aromatic hydroxyl groups is 1. The van der Waals surface area contributed by atoms with Crippen LogP contribution in [0.25, 0.3) is 16.7 Å². The third-order valence-electron chi connectivity index (χ3n) is 3.79. The average molecular weight is 376 g/mol. The topological polar surface area (TPSA) is 79.2 Å². The van der Waals surface area contributed by atoms with Crippen molar-refractivity contribution in [3.8, 4) is 5.75 Å². The molecule has 0 unspecified atom stereocenters. The molecule has 0 atom stereocenters. The summed E-state index contributed by atoms with van der Waals surface area (Å²) in [6.07, 6.45) is -4.70. The second-order valence-electron chi connectivity index (χ2n) is 5.68. The van der Waals surface area contributed by atoms with E-state index in [0.29, 0.717) is 5.56 Å². The van der Waals surface area contributed by atoms with Gasteiger partial charge in [-0.15, -0.1) is 0 Å². The maximum atomic E-state index is 13.2. The van der Waals surface area contributed by atoms with Crippen molar-refractivity contribution in [1.29, 1.82) is 0 Å². The predicted molar refractivity (Wildman–Crippen MR) is 93.2 cm³/mol. The number of aromatic nitrogens is 2. The van der Waals surface area contributed by atoms with E-state index >= 15 is 0 Å². The summed E-state index contributed by atoms with van der Waals surface area (Å²) in [5.41, 5.74) is 5.64. The quantitative estimate of drug-likeness (QED) is 0.598.